The van der Waals surface area contributed by atoms with Gasteiger partial charge in [-0.3, -0.25) is 9.21 Å². The molecule has 1 fully saturated rings. The van der Waals surface area contributed by atoms with E-state index < -0.39 is 17.0 Å². The Kier molecular flexibility index (Phi) is 7.29. The molecule has 0 aliphatic carbocycles. The summed E-state index contributed by atoms with van der Waals surface area (Å²) in [5.41, 5.74) is 1.68. The number of ether oxygens (including phenoxy) is 1. The largest absolute Gasteiger partial charge is 0.491 e. The van der Waals surface area contributed by atoms with Crippen LogP contribution < -0.4 is 9.04 Å². The van der Waals surface area contributed by atoms with Gasteiger partial charge in [-0.2, -0.15) is 0 Å². The Balaban J connectivity index is 1.55. The monoisotopic (exact) mass is 452 g/mol. The summed E-state index contributed by atoms with van der Waals surface area (Å²) >= 11 is 6.18. The van der Waals surface area contributed by atoms with Gasteiger partial charge in [0.15, 0.2) is 0 Å². The Morgan fingerprint density at radius 3 is 2.60 bits per heavy atom. The van der Waals surface area contributed by atoms with Gasteiger partial charge in [0.25, 0.3) is 0 Å². The summed E-state index contributed by atoms with van der Waals surface area (Å²) in [6.07, 6.45) is 0.374. The van der Waals surface area contributed by atoms with Gasteiger partial charge in [-0.25, -0.2) is 8.42 Å². The van der Waals surface area contributed by atoms with Gasteiger partial charge in [0, 0.05) is 30.1 Å². The molecule has 1 aliphatic rings. The molecule has 8 heteroatoms. The minimum Gasteiger partial charge on any atom is -0.491 e. The predicted molar refractivity (Wildman–Crippen MR) is 121 cm³/mol. The molecule has 0 saturated carbocycles. The molecule has 0 spiro atoms. The maximum atomic E-state index is 11.0. The molecule has 6 nitrogen and oxygen atoms in total. The van der Waals surface area contributed by atoms with Crippen molar-refractivity contribution in [3.05, 3.63) is 59.1 Å². The fourth-order valence-electron chi connectivity index (χ4n) is 4.12. The Morgan fingerprint density at radius 2 is 1.97 bits per heavy atom. The van der Waals surface area contributed by atoms with Crippen molar-refractivity contribution >= 4 is 28.2 Å². The number of anilines is 1. The summed E-state index contributed by atoms with van der Waals surface area (Å²) < 4.78 is 28.9. The molecule has 2 aromatic rings. The predicted octanol–water partition coefficient (Wildman–Crippen LogP) is 3.31. The molecule has 0 amide bonds. The maximum absolute atomic E-state index is 11.0. The third kappa shape index (κ3) is 5.27. The zero-order chi connectivity index (χ0) is 21.9. The van der Waals surface area contributed by atoms with E-state index in [1.807, 2.05) is 18.2 Å². The normalized spacial score (nSPS) is 19.7. The molecule has 0 aromatic heterocycles. The lowest BCUT2D eigenvalue weighted by Gasteiger charge is -2.37. The lowest BCUT2D eigenvalue weighted by molar-refractivity contribution is 0.0433. The lowest BCUT2D eigenvalue weighted by Crippen LogP contribution is -2.46. The van der Waals surface area contributed by atoms with Crippen molar-refractivity contribution in [2.24, 2.45) is 0 Å². The number of aliphatic hydroxyl groups excluding tert-OH is 1. The molecule has 1 saturated heterocycles. The van der Waals surface area contributed by atoms with Crippen LogP contribution in [0.15, 0.2) is 48.5 Å². The Bertz CT molecular complexity index is 925. The number of benzene rings is 2. The molecule has 164 valence electrons. The first-order valence-electron chi connectivity index (χ1n) is 9.98. The van der Waals surface area contributed by atoms with Crippen LogP contribution in [0.25, 0.3) is 0 Å². The highest BCUT2D eigenvalue weighted by Crippen LogP contribution is 2.42. The summed E-state index contributed by atoms with van der Waals surface area (Å²) in [5, 5.41) is 11.3. The summed E-state index contributed by atoms with van der Waals surface area (Å²) in [6, 6.07) is 14.8. The van der Waals surface area contributed by atoms with E-state index in [9.17, 15) is 13.5 Å². The SMILES string of the molecule is CN(c1ccc(OC[C@@H](O)CN2CC[C@H](c3cccc(Cl)c3)C2(C)C)cc1)[SH](=O)=O. The van der Waals surface area contributed by atoms with E-state index >= 15 is 0 Å². The second kappa shape index (κ2) is 9.56. The molecule has 1 N–H and O–H groups in total. The topological polar surface area (TPSA) is 70.1 Å². The van der Waals surface area contributed by atoms with Crippen molar-refractivity contribution < 1.29 is 18.3 Å². The van der Waals surface area contributed by atoms with Gasteiger partial charge in [0.2, 0.25) is 10.9 Å². The van der Waals surface area contributed by atoms with Crippen LogP contribution in [0.1, 0.15) is 31.7 Å². The third-order valence-corrected chi connectivity index (χ3v) is 6.89. The van der Waals surface area contributed by atoms with Crippen LogP contribution >= 0.6 is 11.6 Å². The van der Waals surface area contributed by atoms with E-state index in [-0.39, 0.29) is 12.1 Å². The number of likely N-dealkylation sites (tertiary alicyclic amines) is 1. The minimum absolute atomic E-state index is 0.104. The van der Waals surface area contributed by atoms with E-state index in [1.165, 1.54) is 16.9 Å². The number of nitrogens with zero attached hydrogens (tertiary/aromatic N) is 2. The van der Waals surface area contributed by atoms with Crippen LogP contribution in [-0.2, 0) is 10.9 Å². The second-order valence-electron chi connectivity index (χ2n) is 8.22. The number of halogens is 1. The Labute approximate surface area is 185 Å². The summed E-state index contributed by atoms with van der Waals surface area (Å²) in [5.74, 6) is 0.936. The van der Waals surface area contributed by atoms with Crippen molar-refractivity contribution in [3.63, 3.8) is 0 Å². The Morgan fingerprint density at radius 1 is 1.27 bits per heavy atom. The number of aliphatic hydroxyl groups is 1. The summed E-state index contributed by atoms with van der Waals surface area (Å²) in [7, 11) is -1.18. The van der Waals surface area contributed by atoms with Crippen LogP contribution in [0.4, 0.5) is 5.69 Å². The van der Waals surface area contributed by atoms with Gasteiger partial charge in [0.1, 0.15) is 18.5 Å². The zero-order valence-electron chi connectivity index (χ0n) is 17.5. The number of thiol groups is 1. The van der Waals surface area contributed by atoms with Crippen molar-refractivity contribution in [1.82, 2.24) is 4.90 Å². The van der Waals surface area contributed by atoms with Crippen molar-refractivity contribution in [1.29, 1.82) is 0 Å². The molecule has 0 unspecified atom stereocenters. The summed E-state index contributed by atoms with van der Waals surface area (Å²) in [4.78, 5) is 2.30. The fourth-order valence-corrected chi connectivity index (χ4v) is 4.64. The van der Waals surface area contributed by atoms with Crippen LogP contribution in [0.3, 0.4) is 0 Å². The molecule has 3 rings (SSSR count). The van der Waals surface area contributed by atoms with Crippen LogP contribution in [0, 0.1) is 0 Å². The Hall–Kier alpha value is -1.80. The van der Waals surface area contributed by atoms with E-state index in [2.05, 4.69) is 24.8 Å². The first-order chi connectivity index (χ1) is 14.2. The third-order valence-electron chi connectivity index (χ3n) is 5.94. The lowest BCUT2D eigenvalue weighted by atomic mass is 9.82. The zero-order valence-corrected chi connectivity index (χ0v) is 19.1. The fraction of sp³-hybridized carbons (Fsp3) is 0.455. The molecule has 0 bridgehead atoms. The standard InChI is InChI=1S/C22H29ClN2O4S/c1-22(2)21(16-5-4-6-17(23)13-16)11-12-25(22)14-19(26)15-29-20-9-7-18(8-10-20)24(3)30(27)28/h4-10,13,19,21,26,30H,11-12,14-15H2,1-3H3/t19-,21+/m0/s1. The van der Waals surface area contributed by atoms with Crippen LogP contribution in [0.5, 0.6) is 5.75 Å². The van der Waals surface area contributed by atoms with Gasteiger partial charge in [-0.15, -0.1) is 0 Å². The molecule has 1 heterocycles. The van der Waals surface area contributed by atoms with E-state index in [1.54, 1.807) is 24.3 Å². The van der Waals surface area contributed by atoms with Crippen LogP contribution in [0.2, 0.25) is 5.02 Å². The smallest absolute Gasteiger partial charge is 0.224 e. The highest BCUT2D eigenvalue weighted by atomic mass is 35.5. The van der Waals surface area contributed by atoms with Gasteiger partial charge in [-0.1, -0.05) is 23.7 Å². The number of rotatable bonds is 8. The van der Waals surface area contributed by atoms with Gasteiger partial charge >= 0.3 is 0 Å². The van der Waals surface area contributed by atoms with Gasteiger partial charge in [0.05, 0.1) is 5.69 Å². The first-order valence-corrected chi connectivity index (χ1v) is 11.5. The maximum Gasteiger partial charge on any atom is 0.224 e. The molecule has 2 atom stereocenters. The highest BCUT2D eigenvalue weighted by Gasteiger charge is 2.42. The van der Waals surface area contributed by atoms with Gasteiger partial charge in [-0.05, 0) is 68.8 Å². The van der Waals surface area contributed by atoms with Crippen molar-refractivity contribution in [3.8, 4) is 5.75 Å². The number of β-amino-alcohol motifs (C(OH)–C–C–N with tert-alkyl or cyclic N) is 1. The van der Waals surface area contributed by atoms with E-state index in [4.69, 9.17) is 16.3 Å². The molecule has 0 radical (unpaired) electrons. The molecular weight excluding hydrogens is 424 g/mol. The number of hydrogen-bond donors (Lipinski definition) is 2. The second-order valence-corrected chi connectivity index (χ2v) is 9.73. The average Bonchev–Trinajstić information content (AvgIpc) is 3.00. The van der Waals surface area contributed by atoms with Crippen molar-refractivity contribution in [2.75, 3.05) is 31.0 Å². The number of hydrogen-bond acceptors (Lipinski definition) is 5. The molecule has 1 aliphatic heterocycles. The summed E-state index contributed by atoms with van der Waals surface area (Å²) in [6.45, 7) is 5.99. The molecular formula is C22H29ClN2O4S. The molecule has 30 heavy (non-hydrogen) atoms. The van der Waals surface area contributed by atoms with Crippen LogP contribution in [-0.4, -0.2) is 56.8 Å². The highest BCUT2D eigenvalue weighted by molar-refractivity contribution is 7.74. The first kappa shape index (κ1) is 22.9. The average molecular weight is 453 g/mol. The van der Waals surface area contributed by atoms with Gasteiger partial charge < -0.3 is 9.84 Å². The van der Waals surface area contributed by atoms with Crippen molar-refractivity contribution in [2.45, 2.75) is 37.8 Å². The quantitative estimate of drug-likeness (QED) is 0.601. The molecule has 2 aromatic carbocycles. The van der Waals surface area contributed by atoms with E-state index in [0.29, 0.717) is 23.9 Å². The van der Waals surface area contributed by atoms with E-state index in [0.717, 1.165) is 18.0 Å². The minimum atomic E-state index is -2.67.